The third kappa shape index (κ3) is 3.92. The highest BCUT2D eigenvalue weighted by molar-refractivity contribution is 5.74. The average Bonchev–Trinajstić information content (AvgIpc) is 2.35. The van der Waals surface area contributed by atoms with Gasteiger partial charge in [0.1, 0.15) is 12.1 Å². The van der Waals surface area contributed by atoms with Crippen LogP contribution in [0.1, 0.15) is 15.9 Å². The minimum atomic E-state index is 0.618. The number of benzene rings is 1. The monoisotopic (exact) mass is 214 g/mol. The molecule has 1 heterocycles. The fourth-order valence-corrected chi connectivity index (χ4v) is 1.03. The van der Waals surface area contributed by atoms with E-state index in [-0.39, 0.29) is 0 Å². The first-order valence-corrected chi connectivity index (χ1v) is 4.91. The highest BCUT2D eigenvalue weighted by Gasteiger charge is 1.86. The van der Waals surface area contributed by atoms with Crippen LogP contribution in [-0.2, 0) is 0 Å². The summed E-state index contributed by atoms with van der Waals surface area (Å²) in [4.78, 5) is 13.9. The van der Waals surface area contributed by atoms with Crippen molar-refractivity contribution in [3.05, 3.63) is 59.8 Å². The van der Waals surface area contributed by atoms with Crippen LogP contribution in [-0.4, -0.2) is 11.3 Å². The molecule has 0 atom stereocenters. The topological polar surface area (TPSA) is 56.0 Å². The van der Waals surface area contributed by atoms with Gasteiger partial charge in [0.05, 0.1) is 0 Å². The molecule has 1 aromatic carbocycles. The first kappa shape index (κ1) is 11.9. The second kappa shape index (κ2) is 6.35. The van der Waals surface area contributed by atoms with E-state index < -0.39 is 0 Å². The lowest BCUT2D eigenvalue weighted by Crippen LogP contribution is -1.90. The van der Waals surface area contributed by atoms with Crippen molar-refractivity contribution in [3.8, 4) is 0 Å². The quantitative estimate of drug-likeness (QED) is 0.742. The standard InChI is InChI=1S/C7H6O.C6H8N2/c8-6-7-4-2-1-3-5-7;1-5-3-2-4-8-6(5)7/h1-6H;2-4H,1H3,(H2,7,8). The van der Waals surface area contributed by atoms with Crippen molar-refractivity contribution < 1.29 is 4.79 Å². The van der Waals surface area contributed by atoms with Crippen LogP contribution < -0.4 is 5.73 Å². The molecular weight excluding hydrogens is 200 g/mol. The number of anilines is 1. The summed E-state index contributed by atoms with van der Waals surface area (Å²) in [6, 6.07) is 12.9. The fourth-order valence-electron chi connectivity index (χ4n) is 1.03. The van der Waals surface area contributed by atoms with Gasteiger partial charge in [-0.1, -0.05) is 36.4 Å². The Morgan fingerprint density at radius 1 is 1.12 bits per heavy atom. The van der Waals surface area contributed by atoms with Crippen molar-refractivity contribution in [2.45, 2.75) is 6.92 Å². The highest BCUT2D eigenvalue weighted by atomic mass is 16.1. The Hall–Kier alpha value is -2.16. The number of nitrogens with two attached hydrogens (primary N) is 1. The molecule has 0 aliphatic carbocycles. The smallest absolute Gasteiger partial charge is 0.150 e. The Bertz CT molecular complexity index is 420. The number of hydrogen-bond acceptors (Lipinski definition) is 3. The first-order chi connectivity index (χ1) is 7.74. The largest absolute Gasteiger partial charge is 0.383 e. The van der Waals surface area contributed by atoms with Gasteiger partial charge in [0, 0.05) is 11.8 Å². The lowest BCUT2D eigenvalue weighted by molar-refractivity contribution is 0.112. The SMILES string of the molecule is Cc1cccnc1N.O=Cc1ccccc1. The number of hydrogen-bond donors (Lipinski definition) is 1. The van der Waals surface area contributed by atoms with Crippen molar-refractivity contribution >= 4 is 12.1 Å². The maximum Gasteiger partial charge on any atom is 0.150 e. The van der Waals surface area contributed by atoms with Gasteiger partial charge in [-0.25, -0.2) is 4.98 Å². The Morgan fingerprint density at radius 3 is 2.19 bits per heavy atom. The molecule has 0 fully saturated rings. The Labute approximate surface area is 94.9 Å². The molecule has 82 valence electrons. The van der Waals surface area contributed by atoms with Crippen LogP contribution in [0.15, 0.2) is 48.7 Å². The molecule has 3 heteroatoms. The summed E-state index contributed by atoms with van der Waals surface area (Å²) < 4.78 is 0. The molecule has 3 nitrogen and oxygen atoms in total. The summed E-state index contributed by atoms with van der Waals surface area (Å²) in [5.41, 5.74) is 7.17. The Kier molecular flexibility index (Phi) is 4.73. The summed E-state index contributed by atoms with van der Waals surface area (Å²) in [7, 11) is 0. The highest BCUT2D eigenvalue weighted by Crippen LogP contribution is 2.01. The maximum absolute atomic E-state index is 10.0. The number of nitrogens with zero attached hydrogens (tertiary/aromatic N) is 1. The molecule has 0 aliphatic rings. The van der Waals surface area contributed by atoms with Crippen LogP contribution in [0.4, 0.5) is 5.82 Å². The van der Waals surface area contributed by atoms with Crippen LogP contribution in [0.2, 0.25) is 0 Å². The summed E-state index contributed by atoms with van der Waals surface area (Å²) in [5.74, 6) is 0.618. The Balaban J connectivity index is 0.000000160. The third-order valence-electron chi connectivity index (χ3n) is 1.99. The van der Waals surface area contributed by atoms with Gasteiger partial charge in [-0.05, 0) is 18.6 Å². The second-order valence-corrected chi connectivity index (χ2v) is 3.23. The number of aryl methyl sites for hydroxylation is 1. The molecule has 2 N–H and O–H groups in total. The minimum Gasteiger partial charge on any atom is -0.383 e. The molecule has 0 aliphatic heterocycles. The molecule has 0 unspecified atom stereocenters. The molecule has 0 saturated carbocycles. The zero-order chi connectivity index (χ0) is 11.8. The number of carbonyl (C=O) groups excluding carboxylic acids is 1. The molecule has 0 bridgehead atoms. The van der Waals surface area contributed by atoms with Gasteiger partial charge in [0.15, 0.2) is 0 Å². The van der Waals surface area contributed by atoms with Gasteiger partial charge >= 0.3 is 0 Å². The molecular formula is C13H14N2O. The van der Waals surface area contributed by atoms with Crippen molar-refractivity contribution in [2.75, 3.05) is 5.73 Å². The van der Waals surface area contributed by atoms with E-state index in [2.05, 4.69) is 4.98 Å². The van der Waals surface area contributed by atoms with Crippen molar-refractivity contribution in [3.63, 3.8) is 0 Å². The van der Waals surface area contributed by atoms with Crippen molar-refractivity contribution in [2.24, 2.45) is 0 Å². The van der Waals surface area contributed by atoms with E-state index in [0.717, 1.165) is 17.4 Å². The number of aromatic nitrogens is 1. The predicted octanol–water partition coefficient (Wildman–Crippen LogP) is 2.47. The molecule has 0 amide bonds. The van der Waals surface area contributed by atoms with E-state index >= 15 is 0 Å². The molecule has 0 radical (unpaired) electrons. The molecule has 0 spiro atoms. The summed E-state index contributed by atoms with van der Waals surface area (Å²) in [6.07, 6.45) is 2.52. The number of carbonyl (C=O) groups is 1. The van der Waals surface area contributed by atoms with E-state index in [1.54, 1.807) is 18.3 Å². The normalized spacial score (nSPS) is 8.81. The molecule has 0 saturated heterocycles. The van der Waals surface area contributed by atoms with E-state index in [4.69, 9.17) is 5.73 Å². The fraction of sp³-hybridized carbons (Fsp3) is 0.0769. The van der Waals surface area contributed by atoms with Gasteiger partial charge in [-0.15, -0.1) is 0 Å². The van der Waals surface area contributed by atoms with Crippen molar-refractivity contribution in [1.82, 2.24) is 4.98 Å². The van der Waals surface area contributed by atoms with Gasteiger partial charge < -0.3 is 5.73 Å². The van der Waals surface area contributed by atoms with E-state index in [1.165, 1.54) is 0 Å². The lowest BCUT2D eigenvalue weighted by atomic mass is 10.2. The number of rotatable bonds is 1. The van der Waals surface area contributed by atoms with Gasteiger partial charge in [0.2, 0.25) is 0 Å². The zero-order valence-corrected chi connectivity index (χ0v) is 9.13. The second-order valence-electron chi connectivity index (χ2n) is 3.23. The summed E-state index contributed by atoms with van der Waals surface area (Å²) in [6.45, 7) is 1.93. The number of nitrogen functional groups attached to an aromatic ring is 1. The summed E-state index contributed by atoms with van der Waals surface area (Å²) >= 11 is 0. The number of aldehydes is 1. The average molecular weight is 214 g/mol. The van der Waals surface area contributed by atoms with E-state index in [1.807, 2.05) is 37.3 Å². The van der Waals surface area contributed by atoms with Crippen LogP contribution in [0.3, 0.4) is 0 Å². The summed E-state index contributed by atoms with van der Waals surface area (Å²) in [5, 5.41) is 0. The molecule has 2 rings (SSSR count). The van der Waals surface area contributed by atoms with Crippen LogP contribution in [0, 0.1) is 6.92 Å². The van der Waals surface area contributed by atoms with Crippen LogP contribution in [0.25, 0.3) is 0 Å². The molecule has 16 heavy (non-hydrogen) atoms. The van der Waals surface area contributed by atoms with Crippen molar-refractivity contribution in [1.29, 1.82) is 0 Å². The van der Waals surface area contributed by atoms with Crippen LogP contribution in [0.5, 0.6) is 0 Å². The van der Waals surface area contributed by atoms with E-state index in [0.29, 0.717) is 5.82 Å². The minimum absolute atomic E-state index is 0.618. The third-order valence-corrected chi connectivity index (χ3v) is 1.99. The van der Waals surface area contributed by atoms with Crippen LogP contribution >= 0.6 is 0 Å². The first-order valence-electron chi connectivity index (χ1n) is 4.91. The predicted molar refractivity (Wildman–Crippen MR) is 65.2 cm³/mol. The molecule has 2 aromatic rings. The maximum atomic E-state index is 10.0. The van der Waals surface area contributed by atoms with Gasteiger partial charge in [0.25, 0.3) is 0 Å². The lowest BCUT2D eigenvalue weighted by Gasteiger charge is -1.92. The molecule has 1 aromatic heterocycles. The zero-order valence-electron chi connectivity index (χ0n) is 9.13. The Morgan fingerprint density at radius 2 is 1.81 bits per heavy atom. The van der Waals surface area contributed by atoms with E-state index in [9.17, 15) is 4.79 Å². The van der Waals surface area contributed by atoms with Gasteiger partial charge in [-0.3, -0.25) is 4.79 Å². The van der Waals surface area contributed by atoms with Gasteiger partial charge in [-0.2, -0.15) is 0 Å². The number of pyridine rings is 1.